The molecule has 1 aromatic rings. The monoisotopic (exact) mass is 280 g/mol. The van der Waals surface area contributed by atoms with Crippen LogP contribution < -0.4 is 10.6 Å². The van der Waals surface area contributed by atoms with Gasteiger partial charge in [-0.05, 0) is 33.1 Å². The number of aryl methyl sites for hydroxylation is 1. The van der Waals surface area contributed by atoms with Gasteiger partial charge in [-0.1, -0.05) is 0 Å². The lowest BCUT2D eigenvalue weighted by molar-refractivity contribution is -0.122. The summed E-state index contributed by atoms with van der Waals surface area (Å²) in [4.78, 5) is 11.9. The standard InChI is InChI=1S/C14H24N4O2/c1-10-12(11(2)18(17-10)7-8-19)9-16-13-5-3-4-6-15-14(13)20/h13,16,19H,3-9H2,1-2H3,(H,15,20)/t13-/m1/s1. The van der Waals surface area contributed by atoms with Crippen LogP contribution in [0.3, 0.4) is 0 Å². The first kappa shape index (κ1) is 15.0. The second-order valence-corrected chi connectivity index (χ2v) is 5.32. The van der Waals surface area contributed by atoms with E-state index in [1.165, 1.54) is 0 Å². The normalized spacial score (nSPS) is 19.8. The van der Waals surface area contributed by atoms with Gasteiger partial charge >= 0.3 is 0 Å². The van der Waals surface area contributed by atoms with Crippen LogP contribution in [0.2, 0.25) is 0 Å². The van der Waals surface area contributed by atoms with E-state index in [-0.39, 0.29) is 18.6 Å². The van der Waals surface area contributed by atoms with Crippen molar-refractivity contribution >= 4 is 5.91 Å². The van der Waals surface area contributed by atoms with Crippen LogP contribution in [0.4, 0.5) is 0 Å². The highest BCUT2D eigenvalue weighted by molar-refractivity contribution is 5.81. The highest BCUT2D eigenvalue weighted by Crippen LogP contribution is 2.14. The Bertz CT molecular complexity index is 470. The Balaban J connectivity index is 2.01. The van der Waals surface area contributed by atoms with E-state index in [9.17, 15) is 4.79 Å². The molecule has 1 amide bonds. The van der Waals surface area contributed by atoms with Gasteiger partial charge in [-0.15, -0.1) is 0 Å². The molecule has 0 saturated carbocycles. The van der Waals surface area contributed by atoms with Crippen LogP contribution in [0.1, 0.15) is 36.2 Å². The molecule has 1 aliphatic heterocycles. The zero-order chi connectivity index (χ0) is 14.5. The van der Waals surface area contributed by atoms with Crippen LogP contribution in [0, 0.1) is 13.8 Å². The maximum atomic E-state index is 11.9. The third kappa shape index (κ3) is 3.37. The number of aromatic nitrogens is 2. The maximum absolute atomic E-state index is 11.9. The molecule has 2 rings (SSSR count). The minimum Gasteiger partial charge on any atom is -0.394 e. The number of aliphatic hydroxyl groups is 1. The molecule has 2 heterocycles. The van der Waals surface area contributed by atoms with Crippen molar-refractivity contribution in [2.45, 2.75) is 52.2 Å². The molecule has 1 aromatic heterocycles. The Morgan fingerprint density at radius 3 is 3.00 bits per heavy atom. The summed E-state index contributed by atoms with van der Waals surface area (Å²) in [6.45, 7) is 5.98. The lowest BCUT2D eigenvalue weighted by atomic mass is 10.1. The van der Waals surface area contributed by atoms with Gasteiger partial charge in [-0.2, -0.15) is 5.10 Å². The second kappa shape index (κ2) is 6.85. The number of rotatable bonds is 5. The summed E-state index contributed by atoms with van der Waals surface area (Å²) in [6.07, 6.45) is 3.00. The zero-order valence-corrected chi connectivity index (χ0v) is 12.3. The van der Waals surface area contributed by atoms with Gasteiger partial charge in [-0.3, -0.25) is 9.48 Å². The Morgan fingerprint density at radius 2 is 2.25 bits per heavy atom. The fourth-order valence-electron chi connectivity index (χ4n) is 2.66. The van der Waals surface area contributed by atoms with Crippen molar-refractivity contribution in [1.29, 1.82) is 0 Å². The van der Waals surface area contributed by atoms with Crippen molar-refractivity contribution < 1.29 is 9.90 Å². The molecule has 0 aromatic carbocycles. The van der Waals surface area contributed by atoms with Gasteiger partial charge < -0.3 is 15.7 Å². The van der Waals surface area contributed by atoms with E-state index >= 15 is 0 Å². The van der Waals surface area contributed by atoms with Gasteiger partial charge in [0.25, 0.3) is 0 Å². The minimum atomic E-state index is -0.113. The molecule has 6 nitrogen and oxygen atoms in total. The molecule has 0 radical (unpaired) electrons. The van der Waals surface area contributed by atoms with Gasteiger partial charge in [0.1, 0.15) is 0 Å². The van der Waals surface area contributed by atoms with Crippen LogP contribution in [-0.4, -0.2) is 40.0 Å². The highest BCUT2D eigenvalue weighted by atomic mass is 16.3. The van der Waals surface area contributed by atoms with Crippen molar-refractivity contribution in [3.05, 3.63) is 17.0 Å². The molecule has 1 saturated heterocycles. The summed E-state index contributed by atoms with van der Waals surface area (Å²) in [5.41, 5.74) is 3.13. The van der Waals surface area contributed by atoms with Crippen molar-refractivity contribution in [2.75, 3.05) is 13.2 Å². The molecule has 1 fully saturated rings. The summed E-state index contributed by atoms with van der Waals surface area (Å²) in [5, 5.41) is 19.7. The molecule has 0 unspecified atom stereocenters. The molecule has 0 aliphatic carbocycles. The van der Waals surface area contributed by atoms with Crippen LogP contribution in [0.25, 0.3) is 0 Å². The van der Waals surface area contributed by atoms with Gasteiger partial charge in [-0.25, -0.2) is 0 Å². The first-order valence-electron chi connectivity index (χ1n) is 7.28. The molecule has 1 aliphatic rings. The first-order valence-corrected chi connectivity index (χ1v) is 7.28. The summed E-state index contributed by atoms with van der Waals surface area (Å²) in [7, 11) is 0. The van der Waals surface area contributed by atoms with Gasteiger partial charge in [0.2, 0.25) is 5.91 Å². The zero-order valence-electron chi connectivity index (χ0n) is 12.3. The lowest BCUT2D eigenvalue weighted by Crippen LogP contribution is -2.42. The van der Waals surface area contributed by atoms with E-state index in [0.29, 0.717) is 13.1 Å². The smallest absolute Gasteiger partial charge is 0.237 e. The topological polar surface area (TPSA) is 79.2 Å². The summed E-state index contributed by atoms with van der Waals surface area (Å²) < 4.78 is 1.82. The molecule has 6 heteroatoms. The number of aliphatic hydroxyl groups excluding tert-OH is 1. The van der Waals surface area contributed by atoms with Crippen molar-refractivity contribution in [3.63, 3.8) is 0 Å². The van der Waals surface area contributed by atoms with Gasteiger partial charge in [0.05, 0.1) is 24.9 Å². The summed E-state index contributed by atoms with van der Waals surface area (Å²) >= 11 is 0. The van der Waals surface area contributed by atoms with Gasteiger partial charge in [0, 0.05) is 24.3 Å². The minimum absolute atomic E-state index is 0.0832. The first-order chi connectivity index (χ1) is 9.63. The van der Waals surface area contributed by atoms with Crippen LogP contribution in [-0.2, 0) is 17.9 Å². The van der Waals surface area contributed by atoms with E-state index in [4.69, 9.17) is 5.11 Å². The number of nitrogens with zero attached hydrogens (tertiary/aromatic N) is 2. The van der Waals surface area contributed by atoms with Crippen LogP contribution >= 0.6 is 0 Å². The largest absolute Gasteiger partial charge is 0.394 e. The van der Waals surface area contributed by atoms with Crippen molar-refractivity contribution in [3.8, 4) is 0 Å². The van der Waals surface area contributed by atoms with Gasteiger partial charge in [0.15, 0.2) is 0 Å². The number of hydrogen-bond acceptors (Lipinski definition) is 4. The number of hydrogen-bond donors (Lipinski definition) is 3. The number of carbonyl (C=O) groups excluding carboxylic acids is 1. The SMILES string of the molecule is Cc1nn(CCO)c(C)c1CN[C@@H]1CCCCNC1=O. The number of amides is 1. The average Bonchev–Trinajstić information content (AvgIpc) is 2.59. The fraction of sp³-hybridized carbons (Fsp3) is 0.714. The highest BCUT2D eigenvalue weighted by Gasteiger charge is 2.21. The molecule has 0 spiro atoms. The predicted octanol–water partition coefficient (Wildman–Crippen LogP) is 0.251. The average molecular weight is 280 g/mol. The Kier molecular flexibility index (Phi) is 5.14. The van der Waals surface area contributed by atoms with Crippen LogP contribution in [0.15, 0.2) is 0 Å². The van der Waals surface area contributed by atoms with E-state index in [1.54, 1.807) is 0 Å². The van der Waals surface area contributed by atoms with Crippen molar-refractivity contribution in [2.24, 2.45) is 0 Å². The molecule has 1 atom stereocenters. The lowest BCUT2D eigenvalue weighted by Gasteiger charge is -2.15. The van der Waals surface area contributed by atoms with Crippen molar-refractivity contribution in [1.82, 2.24) is 20.4 Å². The third-order valence-electron chi connectivity index (χ3n) is 3.90. The fourth-order valence-corrected chi connectivity index (χ4v) is 2.66. The molecule has 20 heavy (non-hydrogen) atoms. The molecular weight excluding hydrogens is 256 g/mol. The van der Waals surface area contributed by atoms with Crippen LogP contribution in [0.5, 0.6) is 0 Å². The molecule has 3 N–H and O–H groups in total. The molecule has 0 bridgehead atoms. The molecular formula is C14H24N4O2. The summed E-state index contributed by atoms with van der Waals surface area (Å²) in [5.74, 6) is 0.0977. The third-order valence-corrected chi connectivity index (χ3v) is 3.90. The number of carbonyl (C=O) groups is 1. The Morgan fingerprint density at radius 1 is 1.45 bits per heavy atom. The molecule has 112 valence electrons. The van der Waals surface area contributed by atoms with E-state index < -0.39 is 0 Å². The Hall–Kier alpha value is -1.40. The van der Waals surface area contributed by atoms with E-state index in [2.05, 4.69) is 15.7 Å². The van der Waals surface area contributed by atoms with E-state index in [0.717, 1.165) is 42.8 Å². The second-order valence-electron chi connectivity index (χ2n) is 5.32. The quantitative estimate of drug-likeness (QED) is 0.722. The Labute approximate surface area is 119 Å². The number of nitrogens with one attached hydrogen (secondary N) is 2. The maximum Gasteiger partial charge on any atom is 0.237 e. The van der Waals surface area contributed by atoms with E-state index in [1.807, 2.05) is 18.5 Å². The summed E-state index contributed by atoms with van der Waals surface area (Å²) in [6, 6.07) is -0.113. The predicted molar refractivity (Wildman–Crippen MR) is 76.3 cm³/mol.